The Morgan fingerprint density at radius 3 is 2.43 bits per heavy atom. The molecule has 74 valence electrons. The molecule has 1 unspecified atom stereocenters. The molecule has 0 spiro atoms. The van der Waals surface area contributed by atoms with Gasteiger partial charge in [-0.05, 0) is 0 Å². The number of nitrogens with one attached hydrogen (secondary N) is 1. The molecule has 1 rings (SSSR count). The van der Waals surface area contributed by atoms with Gasteiger partial charge >= 0.3 is 25.0 Å². The molecule has 0 aromatic carbocycles. The molecule has 7 heteroatoms. The van der Waals surface area contributed by atoms with Crippen LogP contribution in [-0.4, -0.2) is 38.4 Å². The van der Waals surface area contributed by atoms with Gasteiger partial charge in [0, 0.05) is 5.92 Å². The summed E-state index contributed by atoms with van der Waals surface area (Å²) in [5.41, 5.74) is 0. The average Bonchev–Trinajstić information content (AvgIpc) is 1.99. The van der Waals surface area contributed by atoms with Gasteiger partial charge in [-0.1, -0.05) is 0 Å². The normalized spacial score (nSPS) is 17.2. The van der Waals surface area contributed by atoms with Crippen LogP contribution in [0.2, 0.25) is 0 Å². The van der Waals surface area contributed by atoms with Crippen molar-refractivity contribution in [2.24, 2.45) is 5.92 Å². The summed E-state index contributed by atoms with van der Waals surface area (Å²) in [6.45, 7) is 0.644. The van der Waals surface area contributed by atoms with E-state index in [9.17, 15) is 14.7 Å². The van der Waals surface area contributed by atoms with Crippen molar-refractivity contribution in [2.45, 2.75) is 6.04 Å². The molecule has 14 heavy (non-hydrogen) atoms. The number of methoxy groups -OCH3 is 1. The molecule has 1 atom stereocenters. The third kappa shape index (κ3) is 3.22. The van der Waals surface area contributed by atoms with Crippen molar-refractivity contribution in [3.05, 3.63) is 0 Å². The van der Waals surface area contributed by atoms with Crippen LogP contribution in [0.4, 0.5) is 4.79 Å². The SMILES string of the molecule is COC(=O)NC(C(=O)[O-])C1COC1.[Li+]. The van der Waals surface area contributed by atoms with Crippen molar-refractivity contribution in [3.63, 3.8) is 0 Å². The number of carbonyl (C=O) groups is 2. The molecule has 0 aromatic heterocycles. The van der Waals surface area contributed by atoms with Crippen LogP contribution < -0.4 is 29.3 Å². The van der Waals surface area contributed by atoms with E-state index in [0.29, 0.717) is 13.2 Å². The summed E-state index contributed by atoms with van der Waals surface area (Å²) in [5.74, 6) is -1.54. The summed E-state index contributed by atoms with van der Waals surface area (Å²) in [4.78, 5) is 21.3. The molecule has 1 heterocycles. The number of hydrogen-bond acceptors (Lipinski definition) is 5. The van der Waals surface area contributed by atoms with Gasteiger partial charge < -0.3 is 24.7 Å². The van der Waals surface area contributed by atoms with Crippen molar-refractivity contribution >= 4 is 12.1 Å². The topological polar surface area (TPSA) is 87.7 Å². The standard InChI is InChI=1S/C7H11NO5.Li/c1-12-7(11)8-5(6(9)10)4-2-13-3-4;/h4-5H,2-3H2,1H3,(H,8,11)(H,9,10);/q;+1/p-1. The maximum Gasteiger partial charge on any atom is 1.00 e. The van der Waals surface area contributed by atoms with Gasteiger partial charge in [0.2, 0.25) is 0 Å². The largest absolute Gasteiger partial charge is 1.00 e. The summed E-state index contributed by atoms with van der Waals surface area (Å²) >= 11 is 0. The molecule has 1 saturated heterocycles. The number of carbonyl (C=O) groups excluding carboxylic acids is 2. The number of aliphatic carboxylic acids is 1. The van der Waals surface area contributed by atoms with E-state index < -0.39 is 18.1 Å². The van der Waals surface area contributed by atoms with Gasteiger partial charge in [-0.25, -0.2) is 4.79 Å². The van der Waals surface area contributed by atoms with Gasteiger partial charge in [-0.15, -0.1) is 0 Å². The molecule has 6 nitrogen and oxygen atoms in total. The number of rotatable bonds is 3. The molecular formula is C7H10LiNO5. The first-order valence-corrected chi connectivity index (χ1v) is 3.78. The molecule has 0 radical (unpaired) electrons. The zero-order valence-electron chi connectivity index (χ0n) is 8.11. The molecule has 0 aromatic rings. The molecule has 1 N–H and O–H groups in total. The summed E-state index contributed by atoms with van der Waals surface area (Å²) in [6.07, 6.45) is -0.777. The van der Waals surface area contributed by atoms with Gasteiger partial charge in [0.15, 0.2) is 0 Å². The Balaban J connectivity index is 0.00000169. The van der Waals surface area contributed by atoms with Crippen LogP contribution in [0.3, 0.4) is 0 Å². The Kier molecular flexibility index (Phi) is 5.61. The second-order valence-corrected chi connectivity index (χ2v) is 2.73. The molecule has 0 aliphatic carbocycles. The van der Waals surface area contributed by atoms with Crippen LogP contribution in [0.15, 0.2) is 0 Å². The van der Waals surface area contributed by atoms with Gasteiger partial charge in [-0.3, -0.25) is 0 Å². The Labute approximate surface area is 93.1 Å². The van der Waals surface area contributed by atoms with Crippen LogP contribution in [0.25, 0.3) is 0 Å². The number of amides is 1. The summed E-state index contributed by atoms with van der Waals surface area (Å²) < 4.78 is 9.07. The maximum absolute atomic E-state index is 10.7. The molecule has 1 aliphatic heterocycles. The first-order valence-electron chi connectivity index (χ1n) is 3.78. The van der Waals surface area contributed by atoms with E-state index in [2.05, 4.69) is 10.1 Å². The van der Waals surface area contributed by atoms with Crippen LogP contribution in [0, 0.1) is 5.92 Å². The van der Waals surface area contributed by atoms with E-state index in [1.54, 1.807) is 0 Å². The molecule has 1 aliphatic rings. The van der Waals surface area contributed by atoms with E-state index >= 15 is 0 Å². The second kappa shape index (κ2) is 5.91. The molecule has 1 amide bonds. The van der Waals surface area contributed by atoms with Crippen molar-refractivity contribution < 1.29 is 43.0 Å². The molecule has 0 bridgehead atoms. The van der Waals surface area contributed by atoms with Crippen molar-refractivity contribution in [2.75, 3.05) is 20.3 Å². The van der Waals surface area contributed by atoms with Crippen LogP contribution in [0.1, 0.15) is 0 Å². The maximum atomic E-state index is 10.7. The smallest absolute Gasteiger partial charge is 0.548 e. The van der Waals surface area contributed by atoms with Gasteiger partial charge in [0.05, 0.1) is 32.3 Å². The fourth-order valence-corrected chi connectivity index (χ4v) is 1.00. The predicted octanol–water partition coefficient (Wildman–Crippen LogP) is -4.89. The van der Waals surface area contributed by atoms with Crippen molar-refractivity contribution in [3.8, 4) is 0 Å². The minimum absolute atomic E-state index is 0. The monoisotopic (exact) mass is 195 g/mol. The first kappa shape index (κ1) is 13.3. The Morgan fingerprint density at radius 2 is 2.14 bits per heavy atom. The minimum Gasteiger partial charge on any atom is -0.548 e. The Hall–Kier alpha value is -0.703. The van der Waals surface area contributed by atoms with E-state index in [4.69, 9.17) is 4.74 Å². The fraction of sp³-hybridized carbons (Fsp3) is 0.714. The van der Waals surface area contributed by atoms with Gasteiger partial charge in [0.25, 0.3) is 0 Å². The fourth-order valence-electron chi connectivity index (χ4n) is 1.00. The van der Waals surface area contributed by atoms with Crippen molar-refractivity contribution in [1.29, 1.82) is 0 Å². The molecular weight excluding hydrogens is 185 g/mol. The number of alkyl carbamates (subject to hydrolysis) is 1. The van der Waals surface area contributed by atoms with Crippen LogP contribution in [-0.2, 0) is 14.3 Å². The van der Waals surface area contributed by atoms with E-state index in [1.165, 1.54) is 7.11 Å². The predicted molar refractivity (Wildman–Crippen MR) is 38.6 cm³/mol. The zero-order valence-corrected chi connectivity index (χ0v) is 8.11. The quantitative estimate of drug-likeness (QED) is 0.456. The third-order valence-corrected chi connectivity index (χ3v) is 1.85. The number of hydrogen-bond donors (Lipinski definition) is 1. The van der Waals surface area contributed by atoms with Crippen LogP contribution >= 0.6 is 0 Å². The van der Waals surface area contributed by atoms with Crippen molar-refractivity contribution in [1.82, 2.24) is 5.32 Å². The van der Waals surface area contributed by atoms with Crippen LogP contribution in [0.5, 0.6) is 0 Å². The van der Waals surface area contributed by atoms with Gasteiger partial charge in [-0.2, -0.15) is 0 Å². The second-order valence-electron chi connectivity index (χ2n) is 2.73. The summed E-state index contributed by atoms with van der Waals surface area (Å²) in [6, 6.07) is -1.03. The minimum atomic E-state index is -1.32. The Morgan fingerprint density at radius 1 is 1.57 bits per heavy atom. The third-order valence-electron chi connectivity index (χ3n) is 1.85. The van der Waals surface area contributed by atoms with E-state index in [1.807, 2.05) is 0 Å². The van der Waals surface area contributed by atoms with E-state index in [-0.39, 0.29) is 24.8 Å². The van der Waals surface area contributed by atoms with E-state index in [0.717, 1.165) is 0 Å². The average molecular weight is 195 g/mol. The number of ether oxygens (including phenoxy) is 2. The summed E-state index contributed by atoms with van der Waals surface area (Å²) in [7, 11) is 1.17. The van der Waals surface area contributed by atoms with Gasteiger partial charge in [0.1, 0.15) is 0 Å². The number of carboxylic acids is 1. The Bertz CT molecular complexity index is 218. The number of carboxylic acid groups (broad SMARTS) is 1. The molecule has 1 fully saturated rings. The first-order chi connectivity index (χ1) is 6.15. The summed E-state index contributed by atoms with van der Waals surface area (Å²) in [5, 5.41) is 12.7. The molecule has 0 saturated carbocycles. The zero-order chi connectivity index (χ0) is 9.84.